The molecule has 0 saturated carbocycles. The first-order chi connectivity index (χ1) is 13.6. The van der Waals surface area contributed by atoms with Gasteiger partial charge in [0.15, 0.2) is 0 Å². The zero-order valence-corrected chi connectivity index (χ0v) is 15.7. The van der Waals surface area contributed by atoms with Gasteiger partial charge in [-0.1, -0.05) is 30.3 Å². The number of benzene rings is 2. The lowest BCUT2D eigenvalue weighted by Crippen LogP contribution is -2.41. The van der Waals surface area contributed by atoms with Crippen LogP contribution in [-0.2, 0) is 27.2 Å². The van der Waals surface area contributed by atoms with Gasteiger partial charge in [0.25, 0.3) is 0 Å². The first-order valence-corrected chi connectivity index (χ1v) is 9.24. The topological polar surface area (TPSA) is 87.7 Å². The normalized spacial score (nSPS) is 12.2. The van der Waals surface area contributed by atoms with Crippen molar-refractivity contribution < 1.29 is 19.1 Å². The molecule has 2 aromatic rings. The number of amides is 3. The molecule has 0 bridgehead atoms. The fourth-order valence-corrected chi connectivity index (χ4v) is 3.11. The number of carbonyl (C=O) groups is 3. The summed E-state index contributed by atoms with van der Waals surface area (Å²) >= 11 is 0. The van der Waals surface area contributed by atoms with E-state index in [1.54, 1.807) is 36.1 Å². The average Bonchev–Trinajstić information content (AvgIpc) is 3.12. The molecule has 146 valence electrons. The standard InChI is InChI=1S/C21H23N3O4/c1-2-28-20(26)13-15-7-9-17(10-8-15)23-21(27)22-14-19(25)24-12-11-16-5-3-4-6-18(16)24/h3-10H,2,11-14H2,1H3,(H2,22,23,27). The van der Waals surface area contributed by atoms with Crippen LogP contribution in [0.25, 0.3) is 0 Å². The molecule has 7 nitrogen and oxygen atoms in total. The largest absolute Gasteiger partial charge is 0.466 e. The van der Waals surface area contributed by atoms with Crippen LogP contribution < -0.4 is 15.5 Å². The number of rotatable bonds is 6. The lowest BCUT2D eigenvalue weighted by Gasteiger charge is -2.17. The number of hydrogen-bond acceptors (Lipinski definition) is 4. The minimum Gasteiger partial charge on any atom is -0.466 e. The molecule has 3 amide bonds. The van der Waals surface area contributed by atoms with Gasteiger partial charge >= 0.3 is 12.0 Å². The Balaban J connectivity index is 1.47. The Labute approximate surface area is 163 Å². The zero-order chi connectivity index (χ0) is 19.9. The molecule has 0 atom stereocenters. The second-order valence-corrected chi connectivity index (χ2v) is 6.41. The van der Waals surface area contributed by atoms with E-state index in [4.69, 9.17) is 4.74 Å². The number of urea groups is 1. The van der Waals surface area contributed by atoms with Gasteiger partial charge in [0.1, 0.15) is 0 Å². The number of fused-ring (bicyclic) bond motifs is 1. The van der Waals surface area contributed by atoms with E-state index >= 15 is 0 Å². The molecular formula is C21H23N3O4. The molecule has 2 aromatic carbocycles. The van der Waals surface area contributed by atoms with Crippen molar-refractivity contribution in [3.8, 4) is 0 Å². The van der Waals surface area contributed by atoms with Crippen LogP contribution >= 0.6 is 0 Å². The molecule has 0 unspecified atom stereocenters. The Morgan fingerprint density at radius 2 is 1.82 bits per heavy atom. The summed E-state index contributed by atoms with van der Waals surface area (Å²) in [7, 11) is 0. The summed E-state index contributed by atoms with van der Waals surface area (Å²) in [6.07, 6.45) is 1.01. The molecule has 1 aliphatic rings. The van der Waals surface area contributed by atoms with Crippen molar-refractivity contribution in [3.05, 3.63) is 59.7 Å². The van der Waals surface area contributed by atoms with Crippen molar-refractivity contribution >= 4 is 29.3 Å². The van der Waals surface area contributed by atoms with E-state index in [-0.39, 0.29) is 24.8 Å². The second-order valence-electron chi connectivity index (χ2n) is 6.41. The van der Waals surface area contributed by atoms with Gasteiger partial charge in [0.05, 0.1) is 19.6 Å². The fraction of sp³-hybridized carbons (Fsp3) is 0.286. The van der Waals surface area contributed by atoms with Crippen molar-refractivity contribution in [2.24, 2.45) is 0 Å². The Morgan fingerprint density at radius 1 is 1.07 bits per heavy atom. The summed E-state index contributed by atoms with van der Waals surface area (Å²) in [5.74, 6) is -0.437. The third kappa shape index (κ3) is 4.88. The quantitative estimate of drug-likeness (QED) is 0.753. The summed E-state index contributed by atoms with van der Waals surface area (Å²) in [6.45, 7) is 2.65. The van der Waals surface area contributed by atoms with Crippen LogP contribution in [0.3, 0.4) is 0 Å². The predicted molar refractivity (Wildman–Crippen MR) is 106 cm³/mol. The van der Waals surface area contributed by atoms with E-state index in [0.29, 0.717) is 18.8 Å². The van der Waals surface area contributed by atoms with Gasteiger partial charge in [0, 0.05) is 17.9 Å². The van der Waals surface area contributed by atoms with Crippen molar-refractivity contribution in [1.82, 2.24) is 5.32 Å². The van der Waals surface area contributed by atoms with Gasteiger partial charge in [-0.15, -0.1) is 0 Å². The van der Waals surface area contributed by atoms with Crippen molar-refractivity contribution in [3.63, 3.8) is 0 Å². The van der Waals surface area contributed by atoms with Gasteiger partial charge < -0.3 is 20.3 Å². The third-order valence-corrected chi connectivity index (χ3v) is 4.45. The lowest BCUT2D eigenvalue weighted by atomic mass is 10.1. The van der Waals surface area contributed by atoms with E-state index < -0.39 is 6.03 Å². The Hall–Kier alpha value is -3.35. The summed E-state index contributed by atoms with van der Waals surface area (Å²) in [5, 5.41) is 5.26. The summed E-state index contributed by atoms with van der Waals surface area (Å²) in [5.41, 5.74) is 3.42. The highest BCUT2D eigenvalue weighted by Gasteiger charge is 2.24. The average molecular weight is 381 g/mol. The molecule has 28 heavy (non-hydrogen) atoms. The second kappa shape index (κ2) is 9.03. The van der Waals surface area contributed by atoms with Gasteiger partial charge in [-0.25, -0.2) is 4.79 Å². The maximum Gasteiger partial charge on any atom is 0.319 e. The van der Waals surface area contributed by atoms with E-state index in [0.717, 1.165) is 23.2 Å². The van der Waals surface area contributed by atoms with E-state index in [9.17, 15) is 14.4 Å². The van der Waals surface area contributed by atoms with Crippen molar-refractivity contribution in [2.75, 3.05) is 29.9 Å². The molecule has 1 aliphatic heterocycles. The molecule has 1 heterocycles. The molecule has 0 spiro atoms. The fourth-order valence-electron chi connectivity index (χ4n) is 3.11. The predicted octanol–water partition coefficient (Wildman–Crippen LogP) is 2.50. The number of anilines is 2. The first-order valence-electron chi connectivity index (χ1n) is 9.24. The molecule has 0 radical (unpaired) electrons. The molecule has 0 aromatic heterocycles. The van der Waals surface area contributed by atoms with Gasteiger partial charge in [-0.2, -0.15) is 0 Å². The molecule has 0 saturated heterocycles. The number of carbonyl (C=O) groups excluding carboxylic acids is 3. The minimum atomic E-state index is -0.459. The zero-order valence-electron chi connectivity index (χ0n) is 15.7. The SMILES string of the molecule is CCOC(=O)Cc1ccc(NC(=O)NCC(=O)N2CCc3ccccc32)cc1. The highest BCUT2D eigenvalue weighted by Crippen LogP contribution is 2.27. The number of hydrogen-bond donors (Lipinski definition) is 2. The number of para-hydroxylation sites is 1. The van der Waals surface area contributed by atoms with Crippen LogP contribution in [0.2, 0.25) is 0 Å². The molecule has 3 rings (SSSR count). The molecule has 7 heteroatoms. The summed E-state index contributed by atoms with van der Waals surface area (Å²) < 4.78 is 4.90. The van der Waals surface area contributed by atoms with Crippen LogP contribution in [0, 0.1) is 0 Å². The third-order valence-electron chi connectivity index (χ3n) is 4.45. The highest BCUT2D eigenvalue weighted by molar-refractivity contribution is 5.99. The van der Waals surface area contributed by atoms with Crippen LogP contribution in [0.1, 0.15) is 18.1 Å². The van der Waals surface area contributed by atoms with E-state index in [1.807, 2.05) is 24.3 Å². The van der Waals surface area contributed by atoms with Gasteiger partial charge in [-0.3, -0.25) is 9.59 Å². The first kappa shape index (κ1) is 19.4. The number of esters is 1. The van der Waals surface area contributed by atoms with Crippen LogP contribution in [0.15, 0.2) is 48.5 Å². The van der Waals surface area contributed by atoms with Crippen LogP contribution in [0.5, 0.6) is 0 Å². The monoisotopic (exact) mass is 381 g/mol. The van der Waals surface area contributed by atoms with E-state index in [2.05, 4.69) is 10.6 Å². The highest BCUT2D eigenvalue weighted by atomic mass is 16.5. The maximum atomic E-state index is 12.4. The number of ether oxygens (including phenoxy) is 1. The maximum absolute atomic E-state index is 12.4. The molecular weight excluding hydrogens is 358 g/mol. The molecule has 2 N–H and O–H groups in total. The smallest absolute Gasteiger partial charge is 0.319 e. The number of nitrogens with one attached hydrogen (secondary N) is 2. The summed E-state index contributed by atoms with van der Waals surface area (Å²) in [4.78, 5) is 37.6. The van der Waals surface area contributed by atoms with Crippen LogP contribution in [-0.4, -0.2) is 37.6 Å². The Bertz CT molecular complexity index is 864. The van der Waals surface area contributed by atoms with Gasteiger partial charge in [-0.05, 0) is 42.7 Å². The molecule has 0 aliphatic carbocycles. The lowest BCUT2D eigenvalue weighted by molar-refractivity contribution is -0.142. The Morgan fingerprint density at radius 3 is 2.57 bits per heavy atom. The van der Waals surface area contributed by atoms with Gasteiger partial charge in [0.2, 0.25) is 5.91 Å². The van der Waals surface area contributed by atoms with Crippen molar-refractivity contribution in [2.45, 2.75) is 19.8 Å². The van der Waals surface area contributed by atoms with Crippen molar-refractivity contribution in [1.29, 1.82) is 0 Å². The van der Waals surface area contributed by atoms with Crippen LogP contribution in [0.4, 0.5) is 16.2 Å². The Kier molecular flexibility index (Phi) is 6.26. The molecule has 0 fully saturated rings. The number of nitrogens with zero attached hydrogens (tertiary/aromatic N) is 1. The minimum absolute atomic E-state index is 0.0822. The van der Waals surface area contributed by atoms with E-state index in [1.165, 1.54) is 0 Å². The summed E-state index contributed by atoms with van der Waals surface area (Å²) in [6, 6.07) is 14.2.